The van der Waals surface area contributed by atoms with E-state index in [1.807, 2.05) is 0 Å². The number of hydrogen-bond donors (Lipinski definition) is 1. The second-order valence-corrected chi connectivity index (χ2v) is 8.76. The minimum absolute atomic E-state index is 0.134. The number of anilines is 1. The predicted octanol–water partition coefficient (Wildman–Crippen LogP) is 3.55. The number of sulfonamides is 1. The van der Waals surface area contributed by atoms with Crippen molar-refractivity contribution < 1.29 is 17.9 Å². The van der Waals surface area contributed by atoms with Gasteiger partial charge in [-0.3, -0.25) is 9.78 Å². The van der Waals surface area contributed by atoms with Crippen molar-refractivity contribution in [1.29, 1.82) is 0 Å². The van der Waals surface area contributed by atoms with Crippen LogP contribution in [0.5, 0.6) is 11.6 Å². The molecular weight excluding hydrogens is 404 g/mol. The van der Waals surface area contributed by atoms with Crippen molar-refractivity contribution in [3.8, 4) is 11.6 Å². The van der Waals surface area contributed by atoms with Gasteiger partial charge in [-0.25, -0.2) is 13.4 Å². The van der Waals surface area contributed by atoms with E-state index < -0.39 is 10.0 Å². The number of hydrogen-bond acceptors (Lipinski definition) is 6. The van der Waals surface area contributed by atoms with Crippen molar-refractivity contribution in [3.05, 3.63) is 72.7 Å². The van der Waals surface area contributed by atoms with Gasteiger partial charge in [0.1, 0.15) is 5.75 Å². The fourth-order valence-electron chi connectivity index (χ4n) is 2.52. The SMILES string of the molecule is CC(C)N(C)S(=O)(=O)c1ccc(C(=O)Nc2cccc(Oc3cnccn3)c2)cc1. The fourth-order valence-corrected chi connectivity index (χ4v) is 3.89. The van der Waals surface area contributed by atoms with Crippen LogP contribution in [0, 0.1) is 0 Å². The molecule has 3 rings (SSSR count). The van der Waals surface area contributed by atoms with Gasteiger partial charge in [-0.2, -0.15) is 4.31 Å². The van der Waals surface area contributed by atoms with E-state index in [0.29, 0.717) is 22.9 Å². The molecule has 0 unspecified atom stereocenters. The molecule has 30 heavy (non-hydrogen) atoms. The molecule has 1 amide bonds. The van der Waals surface area contributed by atoms with Crippen molar-refractivity contribution in [2.24, 2.45) is 0 Å². The molecule has 0 bridgehead atoms. The van der Waals surface area contributed by atoms with E-state index in [1.165, 1.54) is 48.0 Å². The Balaban J connectivity index is 1.71. The third-order valence-corrected chi connectivity index (χ3v) is 6.42. The van der Waals surface area contributed by atoms with Crippen molar-refractivity contribution in [2.75, 3.05) is 12.4 Å². The molecule has 0 aliphatic carbocycles. The van der Waals surface area contributed by atoms with Crippen LogP contribution < -0.4 is 10.1 Å². The summed E-state index contributed by atoms with van der Waals surface area (Å²) in [5.41, 5.74) is 0.860. The van der Waals surface area contributed by atoms with Crippen LogP contribution in [0.1, 0.15) is 24.2 Å². The molecule has 0 aliphatic heterocycles. The third kappa shape index (κ3) is 5.00. The molecule has 0 fully saturated rings. The summed E-state index contributed by atoms with van der Waals surface area (Å²) in [7, 11) is -2.08. The number of carbonyl (C=O) groups excluding carboxylic acids is 1. The van der Waals surface area contributed by atoms with Crippen LogP contribution in [0.4, 0.5) is 5.69 Å². The summed E-state index contributed by atoms with van der Waals surface area (Å²) >= 11 is 0. The van der Waals surface area contributed by atoms with Gasteiger partial charge >= 0.3 is 0 Å². The lowest BCUT2D eigenvalue weighted by Crippen LogP contribution is -2.33. The van der Waals surface area contributed by atoms with E-state index in [0.717, 1.165) is 0 Å². The number of nitrogens with zero attached hydrogens (tertiary/aromatic N) is 3. The van der Waals surface area contributed by atoms with E-state index >= 15 is 0 Å². The fraction of sp³-hybridized carbons (Fsp3) is 0.190. The number of ether oxygens (including phenoxy) is 1. The highest BCUT2D eigenvalue weighted by molar-refractivity contribution is 7.89. The normalized spacial score (nSPS) is 11.5. The molecule has 0 aliphatic rings. The maximum absolute atomic E-state index is 12.6. The first-order chi connectivity index (χ1) is 14.3. The smallest absolute Gasteiger partial charge is 0.255 e. The van der Waals surface area contributed by atoms with Gasteiger partial charge < -0.3 is 10.1 Å². The average Bonchev–Trinajstić information content (AvgIpc) is 2.74. The van der Waals surface area contributed by atoms with E-state index in [-0.39, 0.29) is 16.8 Å². The van der Waals surface area contributed by atoms with Crippen LogP contribution in [0.3, 0.4) is 0 Å². The Kier molecular flexibility index (Phi) is 6.43. The Morgan fingerprint density at radius 2 is 1.83 bits per heavy atom. The first kappa shape index (κ1) is 21.4. The number of aromatic nitrogens is 2. The largest absolute Gasteiger partial charge is 0.437 e. The molecule has 0 saturated heterocycles. The van der Waals surface area contributed by atoms with Crippen LogP contribution in [-0.2, 0) is 10.0 Å². The Bertz CT molecular complexity index is 1120. The maximum Gasteiger partial charge on any atom is 0.255 e. The molecule has 3 aromatic rings. The zero-order valence-corrected chi connectivity index (χ0v) is 17.6. The van der Waals surface area contributed by atoms with Gasteiger partial charge in [0, 0.05) is 42.8 Å². The first-order valence-electron chi connectivity index (χ1n) is 9.21. The lowest BCUT2D eigenvalue weighted by Gasteiger charge is -2.21. The highest BCUT2D eigenvalue weighted by atomic mass is 32.2. The topological polar surface area (TPSA) is 101 Å². The molecule has 0 saturated carbocycles. The Labute approximate surface area is 175 Å². The van der Waals surface area contributed by atoms with Crippen LogP contribution in [0.25, 0.3) is 0 Å². The molecule has 1 N–H and O–H groups in total. The number of benzene rings is 2. The van der Waals surface area contributed by atoms with Crippen LogP contribution in [-0.4, -0.2) is 41.7 Å². The van der Waals surface area contributed by atoms with Gasteiger partial charge in [0.2, 0.25) is 15.9 Å². The van der Waals surface area contributed by atoms with E-state index in [2.05, 4.69) is 15.3 Å². The second kappa shape index (κ2) is 9.02. The van der Waals surface area contributed by atoms with Crippen LogP contribution in [0.15, 0.2) is 72.0 Å². The zero-order chi connectivity index (χ0) is 21.7. The molecule has 1 aromatic heterocycles. The average molecular weight is 426 g/mol. The van der Waals surface area contributed by atoms with E-state index in [9.17, 15) is 13.2 Å². The van der Waals surface area contributed by atoms with Gasteiger partial charge in [0.15, 0.2) is 0 Å². The first-order valence-corrected chi connectivity index (χ1v) is 10.6. The van der Waals surface area contributed by atoms with Gasteiger partial charge in [0.05, 0.1) is 11.1 Å². The molecule has 0 radical (unpaired) electrons. The summed E-state index contributed by atoms with van der Waals surface area (Å²) < 4.78 is 32.0. The molecule has 0 atom stereocenters. The van der Waals surface area contributed by atoms with E-state index in [1.54, 1.807) is 44.3 Å². The molecule has 2 aromatic carbocycles. The van der Waals surface area contributed by atoms with Crippen LogP contribution >= 0.6 is 0 Å². The molecule has 0 spiro atoms. The van der Waals surface area contributed by atoms with Crippen molar-refractivity contribution >= 4 is 21.6 Å². The van der Waals surface area contributed by atoms with Crippen LogP contribution in [0.2, 0.25) is 0 Å². The Morgan fingerprint density at radius 3 is 2.47 bits per heavy atom. The van der Waals surface area contributed by atoms with Crippen molar-refractivity contribution in [2.45, 2.75) is 24.8 Å². The molecule has 8 nitrogen and oxygen atoms in total. The minimum Gasteiger partial charge on any atom is -0.437 e. The number of carbonyl (C=O) groups is 1. The summed E-state index contributed by atoms with van der Waals surface area (Å²) in [6.45, 7) is 3.59. The molecular formula is C21H22N4O4S. The lowest BCUT2D eigenvalue weighted by molar-refractivity contribution is 0.102. The molecule has 156 valence electrons. The van der Waals surface area contributed by atoms with Gasteiger partial charge in [-0.1, -0.05) is 6.07 Å². The maximum atomic E-state index is 12.6. The summed E-state index contributed by atoms with van der Waals surface area (Å²) in [5, 5.41) is 2.77. The third-order valence-electron chi connectivity index (χ3n) is 4.37. The zero-order valence-electron chi connectivity index (χ0n) is 16.8. The summed E-state index contributed by atoms with van der Waals surface area (Å²) in [6, 6.07) is 12.5. The Hall–Kier alpha value is -3.30. The standard InChI is InChI=1S/C21H22N4O4S/c1-15(2)25(3)30(27,28)19-9-7-16(8-10-19)21(26)24-17-5-4-6-18(13-17)29-20-14-22-11-12-23-20/h4-15H,1-3H3,(H,24,26). The molecule has 1 heterocycles. The van der Waals surface area contributed by atoms with Gasteiger partial charge in [-0.15, -0.1) is 0 Å². The quantitative estimate of drug-likeness (QED) is 0.620. The summed E-state index contributed by atoms with van der Waals surface area (Å²) in [4.78, 5) is 20.7. The minimum atomic E-state index is -3.60. The summed E-state index contributed by atoms with van der Waals surface area (Å²) in [5.74, 6) is 0.461. The monoisotopic (exact) mass is 426 g/mol. The van der Waals surface area contributed by atoms with E-state index in [4.69, 9.17) is 4.74 Å². The highest BCUT2D eigenvalue weighted by Gasteiger charge is 2.23. The number of rotatable bonds is 7. The summed E-state index contributed by atoms with van der Waals surface area (Å²) in [6.07, 6.45) is 4.54. The molecule has 9 heteroatoms. The number of nitrogens with one attached hydrogen (secondary N) is 1. The number of amides is 1. The van der Waals surface area contributed by atoms with Crippen molar-refractivity contribution in [3.63, 3.8) is 0 Å². The highest BCUT2D eigenvalue weighted by Crippen LogP contribution is 2.23. The van der Waals surface area contributed by atoms with Gasteiger partial charge in [0.25, 0.3) is 5.91 Å². The van der Waals surface area contributed by atoms with Crippen molar-refractivity contribution in [1.82, 2.24) is 14.3 Å². The second-order valence-electron chi connectivity index (χ2n) is 6.77. The Morgan fingerprint density at radius 1 is 1.10 bits per heavy atom. The predicted molar refractivity (Wildman–Crippen MR) is 113 cm³/mol. The van der Waals surface area contributed by atoms with Gasteiger partial charge in [-0.05, 0) is 50.2 Å². The lowest BCUT2D eigenvalue weighted by atomic mass is 10.2.